The summed E-state index contributed by atoms with van der Waals surface area (Å²) in [6.45, 7) is 0.572. The lowest BCUT2D eigenvalue weighted by Crippen LogP contribution is -2.38. The minimum absolute atomic E-state index is 0.267. The number of nitrogens with zero attached hydrogens (tertiary/aromatic N) is 1. The number of carbonyl (C=O) groups excluding carboxylic acids is 2. The number of hydrogen-bond donors (Lipinski definition) is 0. The monoisotopic (exact) mass is 259 g/mol. The first-order chi connectivity index (χ1) is 6.70. The van der Waals surface area contributed by atoms with Gasteiger partial charge in [0.2, 0.25) is 5.78 Å². The summed E-state index contributed by atoms with van der Waals surface area (Å²) in [5.41, 5.74) is 0. The third-order valence-electron chi connectivity index (χ3n) is 3.13. The lowest BCUT2D eigenvalue weighted by molar-refractivity contribution is -0.141. The smallest absolute Gasteiger partial charge is 0.291 e. The van der Waals surface area contributed by atoms with E-state index in [4.69, 9.17) is 0 Å². The first kappa shape index (κ1) is 10.1. The van der Waals surface area contributed by atoms with Gasteiger partial charge in [-0.1, -0.05) is 35.2 Å². The van der Waals surface area contributed by atoms with E-state index < -0.39 is 0 Å². The van der Waals surface area contributed by atoms with Gasteiger partial charge in [-0.25, -0.2) is 0 Å². The zero-order valence-corrected chi connectivity index (χ0v) is 9.63. The van der Waals surface area contributed by atoms with Gasteiger partial charge >= 0.3 is 0 Å². The van der Waals surface area contributed by atoms with Crippen LogP contribution in [0.5, 0.6) is 0 Å². The van der Waals surface area contributed by atoms with Crippen molar-refractivity contribution in [1.82, 2.24) is 4.90 Å². The van der Waals surface area contributed by atoms with Crippen LogP contribution in [0.1, 0.15) is 32.1 Å². The average Bonchev–Trinajstić information content (AvgIpc) is 2.47. The molecule has 1 aliphatic carbocycles. The first-order valence-corrected chi connectivity index (χ1v) is 6.10. The first-order valence-electron chi connectivity index (χ1n) is 5.19. The number of hydrogen-bond acceptors (Lipinski definition) is 2. The Morgan fingerprint density at radius 2 is 1.79 bits per heavy atom. The summed E-state index contributed by atoms with van der Waals surface area (Å²) in [7, 11) is 0. The third kappa shape index (κ3) is 1.72. The van der Waals surface area contributed by atoms with Gasteiger partial charge in [0.1, 0.15) is 4.83 Å². The standard InChI is InChI=1S/C10H14BrNO2/c11-8-6-12(10(14)9(8)13)7-4-2-1-3-5-7/h7-8H,1-6H2/t8-/m1/s1. The van der Waals surface area contributed by atoms with Crippen molar-refractivity contribution in [2.24, 2.45) is 0 Å². The van der Waals surface area contributed by atoms with Crippen LogP contribution >= 0.6 is 15.9 Å². The summed E-state index contributed by atoms with van der Waals surface area (Å²) in [6, 6.07) is 0.322. The van der Waals surface area contributed by atoms with E-state index in [2.05, 4.69) is 15.9 Å². The van der Waals surface area contributed by atoms with Gasteiger partial charge in [-0.2, -0.15) is 0 Å². The molecule has 2 fully saturated rings. The Morgan fingerprint density at radius 1 is 1.14 bits per heavy atom. The van der Waals surface area contributed by atoms with Crippen molar-refractivity contribution < 1.29 is 9.59 Å². The molecule has 0 aromatic rings. The zero-order valence-electron chi connectivity index (χ0n) is 8.04. The molecular weight excluding hydrogens is 246 g/mol. The molecule has 0 aromatic heterocycles. The van der Waals surface area contributed by atoms with E-state index in [1.807, 2.05) is 0 Å². The normalized spacial score (nSPS) is 30.1. The Morgan fingerprint density at radius 3 is 2.29 bits per heavy atom. The van der Waals surface area contributed by atoms with E-state index >= 15 is 0 Å². The number of likely N-dealkylation sites (tertiary alicyclic amines) is 1. The van der Waals surface area contributed by atoms with Gasteiger partial charge in [0.15, 0.2) is 0 Å². The summed E-state index contributed by atoms with van der Waals surface area (Å²) >= 11 is 3.24. The predicted molar refractivity (Wildman–Crippen MR) is 56.3 cm³/mol. The zero-order chi connectivity index (χ0) is 10.1. The molecule has 0 bridgehead atoms. The van der Waals surface area contributed by atoms with Crippen molar-refractivity contribution in [1.29, 1.82) is 0 Å². The molecule has 0 spiro atoms. The highest BCUT2D eigenvalue weighted by Crippen LogP contribution is 2.27. The van der Waals surface area contributed by atoms with Crippen molar-refractivity contribution in [2.75, 3.05) is 6.54 Å². The van der Waals surface area contributed by atoms with Crippen LogP contribution in [0.2, 0.25) is 0 Å². The quantitative estimate of drug-likeness (QED) is 0.529. The van der Waals surface area contributed by atoms with E-state index in [0.717, 1.165) is 12.8 Å². The highest BCUT2D eigenvalue weighted by atomic mass is 79.9. The molecule has 0 aromatic carbocycles. The Balaban J connectivity index is 2.04. The molecule has 1 heterocycles. The van der Waals surface area contributed by atoms with Gasteiger partial charge in [-0.15, -0.1) is 0 Å². The van der Waals surface area contributed by atoms with Crippen molar-refractivity contribution >= 4 is 27.6 Å². The largest absolute Gasteiger partial charge is 0.332 e. The minimum Gasteiger partial charge on any atom is -0.332 e. The fourth-order valence-corrected chi connectivity index (χ4v) is 2.83. The molecule has 0 N–H and O–H groups in total. The number of rotatable bonds is 1. The van der Waals surface area contributed by atoms with Gasteiger partial charge < -0.3 is 4.90 Å². The second-order valence-corrected chi connectivity index (χ2v) is 5.19. The van der Waals surface area contributed by atoms with Crippen molar-refractivity contribution in [3.8, 4) is 0 Å². The van der Waals surface area contributed by atoms with Crippen LogP contribution in [0.4, 0.5) is 0 Å². The molecule has 3 nitrogen and oxygen atoms in total. The summed E-state index contributed by atoms with van der Waals surface area (Å²) in [5, 5.41) is 0. The number of halogens is 1. The molecule has 0 radical (unpaired) electrons. The third-order valence-corrected chi connectivity index (χ3v) is 3.83. The van der Waals surface area contributed by atoms with Crippen LogP contribution in [0.15, 0.2) is 0 Å². The Labute approximate surface area is 92.0 Å². The van der Waals surface area contributed by atoms with Crippen LogP contribution in [-0.4, -0.2) is 34.0 Å². The molecule has 0 unspecified atom stereocenters. The van der Waals surface area contributed by atoms with Crippen LogP contribution in [0.3, 0.4) is 0 Å². The fraction of sp³-hybridized carbons (Fsp3) is 0.800. The molecule has 78 valence electrons. The molecule has 1 atom stereocenters. The molecule has 4 heteroatoms. The van der Waals surface area contributed by atoms with Gasteiger partial charge in [0, 0.05) is 12.6 Å². The summed E-state index contributed by atoms with van der Waals surface area (Å²) in [4.78, 5) is 24.4. The SMILES string of the molecule is O=C1C(=O)N(C2CCCCC2)C[C@H]1Br. The molecule has 1 aliphatic heterocycles. The van der Waals surface area contributed by atoms with E-state index in [1.54, 1.807) is 4.90 Å². The topological polar surface area (TPSA) is 37.4 Å². The lowest BCUT2D eigenvalue weighted by atomic mass is 9.94. The van der Waals surface area contributed by atoms with Crippen LogP contribution in [-0.2, 0) is 9.59 Å². The Kier molecular flexibility index (Phi) is 2.91. The van der Waals surface area contributed by atoms with Gasteiger partial charge in [0.25, 0.3) is 5.91 Å². The van der Waals surface area contributed by atoms with Gasteiger partial charge in [-0.3, -0.25) is 9.59 Å². The highest BCUT2D eigenvalue weighted by molar-refractivity contribution is 9.10. The fourth-order valence-electron chi connectivity index (χ4n) is 2.32. The van der Waals surface area contributed by atoms with Crippen molar-refractivity contribution in [3.63, 3.8) is 0 Å². The molecule has 1 saturated heterocycles. The minimum atomic E-state index is -0.279. The number of amides is 1. The number of ketones is 1. The maximum atomic E-state index is 11.6. The van der Waals surface area contributed by atoms with E-state index in [1.165, 1.54) is 19.3 Å². The second kappa shape index (κ2) is 4.01. The van der Waals surface area contributed by atoms with Gasteiger partial charge in [0.05, 0.1) is 0 Å². The Bertz CT molecular complexity index is 261. The predicted octanol–water partition coefficient (Wildman–Crippen LogP) is 1.49. The van der Waals surface area contributed by atoms with Crippen LogP contribution < -0.4 is 0 Å². The maximum Gasteiger partial charge on any atom is 0.291 e. The summed E-state index contributed by atoms with van der Waals surface area (Å²) in [6.07, 6.45) is 5.78. The number of Topliss-reactive ketones (excluding diaryl/α,β-unsaturated/α-hetero) is 1. The van der Waals surface area contributed by atoms with Crippen LogP contribution in [0, 0.1) is 0 Å². The number of alkyl halides is 1. The van der Waals surface area contributed by atoms with Crippen LogP contribution in [0.25, 0.3) is 0 Å². The summed E-state index contributed by atoms with van der Waals surface area (Å²) < 4.78 is 0. The van der Waals surface area contributed by atoms with Crippen molar-refractivity contribution in [3.05, 3.63) is 0 Å². The Hall–Kier alpha value is -0.380. The van der Waals surface area contributed by atoms with Crippen molar-refractivity contribution in [2.45, 2.75) is 43.0 Å². The maximum absolute atomic E-state index is 11.6. The summed E-state index contributed by atoms with van der Waals surface area (Å²) in [5.74, 6) is -0.547. The number of carbonyl (C=O) groups is 2. The average molecular weight is 260 g/mol. The molecule has 14 heavy (non-hydrogen) atoms. The molecule has 2 rings (SSSR count). The van der Waals surface area contributed by atoms with E-state index in [-0.39, 0.29) is 16.5 Å². The van der Waals surface area contributed by atoms with E-state index in [0.29, 0.717) is 12.6 Å². The molecular formula is C10H14BrNO2. The molecule has 1 saturated carbocycles. The molecule has 2 aliphatic rings. The molecule has 1 amide bonds. The lowest BCUT2D eigenvalue weighted by Gasteiger charge is -2.30. The highest BCUT2D eigenvalue weighted by Gasteiger charge is 2.40. The van der Waals surface area contributed by atoms with E-state index in [9.17, 15) is 9.59 Å². The van der Waals surface area contributed by atoms with Gasteiger partial charge in [-0.05, 0) is 12.8 Å². The second-order valence-electron chi connectivity index (χ2n) is 4.08.